The molecule has 2 fully saturated rings. The van der Waals surface area contributed by atoms with Gasteiger partial charge in [0, 0.05) is 24.7 Å². The van der Waals surface area contributed by atoms with Crippen LogP contribution in [0, 0.1) is 18.8 Å². The Labute approximate surface area is 283 Å². The number of alkyl halides is 2. The predicted molar refractivity (Wildman–Crippen MR) is 189 cm³/mol. The molecule has 2 aromatic rings. The molecule has 7 nitrogen and oxygen atoms in total. The predicted octanol–water partition coefficient (Wildman–Crippen LogP) is 9.53. The number of hydrogen-bond acceptors (Lipinski definition) is 6. The van der Waals surface area contributed by atoms with Gasteiger partial charge < -0.3 is 13.6 Å². The number of nitrogens with zero attached hydrogens (tertiary/aromatic N) is 3. The van der Waals surface area contributed by atoms with Gasteiger partial charge in [-0.05, 0) is 78.1 Å². The van der Waals surface area contributed by atoms with Crippen molar-refractivity contribution in [2.75, 3.05) is 0 Å². The van der Waals surface area contributed by atoms with E-state index in [1.165, 1.54) is 11.1 Å². The highest BCUT2D eigenvalue weighted by atomic mass is 28.4. The molecule has 1 saturated heterocycles. The average molecular weight is 689 g/mol. The van der Waals surface area contributed by atoms with Crippen LogP contribution in [-0.2, 0) is 20.0 Å². The number of H-pyrrole nitrogens is 1. The highest BCUT2D eigenvalue weighted by molar-refractivity contribution is 6.74. The first-order chi connectivity index (χ1) is 21.6. The van der Waals surface area contributed by atoms with E-state index in [1.54, 1.807) is 6.08 Å². The number of aromatic amines is 1. The molecule has 0 spiro atoms. The molecule has 0 radical (unpaired) electrons. The molecule has 0 amide bonds. The number of hydrogen-bond donors (Lipinski definition) is 1. The fourth-order valence-corrected chi connectivity index (χ4v) is 8.80. The molecule has 11 heteroatoms. The summed E-state index contributed by atoms with van der Waals surface area (Å²) < 4.78 is 53.0. The van der Waals surface area contributed by atoms with E-state index < -0.39 is 40.5 Å². The van der Waals surface area contributed by atoms with Crippen LogP contribution >= 0.6 is 0 Å². The van der Waals surface area contributed by atoms with Crippen molar-refractivity contribution in [1.82, 2.24) is 20.6 Å². The minimum absolute atomic E-state index is 0.00612. The SMILES string of the molecule is Cc1cccc([C@H](C)[C@H](/C=C\[C@@H]2[C@@H]3[C@H](C[C@H]2O[Si](C)(C)C(C)(C)C)OC(=CCCCc2nnn[nH]2)C3(F)F)O[Si](C)(C)C(C)(C)C)c1. The second kappa shape index (κ2) is 14.0. The van der Waals surface area contributed by atoms with Gasteiger partial charge in [-0.25, -0.2) is 5.10 Å². The average Bonchev–Trinajstić information content (AvgIpc) is 3.64. The van der Waals surface area contributed by atoms with Gasteiger partial charge in [-0.3, -0.25) is 0 Å². The van der Waals surface area contributed by atoms with Crippen molar-refractivity contribution in [2.24, 2.45) is 11.8 Å². The number of rotatable bonds is 12. The number of nitrogens with one attached hydrogen (secondary N) is 1. The molecule has 4 rings (SSSR count). The molecule has 1 aromatic carbocycles. The van der Waals surface area contributed by atoms with E-state index in [0.29, 0.717) is 31.5 Å². The summed E-state index contributed by atoms with van der Waals surface area (Å²) in [6.45, 7) is 26.4. The standard InChI is InChI=1S/C36H58F2N4O3Si2/c1-24-16-15-17-26(22-24)25(2)28(44-46(9,10)34(3,4)5)21-20-27-29(45-47(11,12)35(6,7)8)23-30-33(27)36(37,38)31(43-30)18-13-14-19-32-39-41-42-40-32/h15-18,20-22,25,27-30,33H,13-14,19,23H2,1-12H3,(H,39,40,41,42)/b21-20-,31-18?/t25-,27-,28-,29+,30-,33+/m0/s1. The molecule has 6 atom stereocenters. The largest absolute Gasteiger partial charge is 0.488 e. The highest BCUT2D eigenvalue weighted by Crippen LogP contribution is 2.56. The van der Waals surface area contributed by atoms with Gasteiger partial charge in [-0.2, -0.15) is 8.78 Å². The Hall–Kier alpha value is -2.22. The topological polar surface area (TPSA) is 82.2 Å². The Kier molecular flexibility index (Phi) is 11.2. The summed E-state index contributed by atoms with van der Waals surface area (Å²) in [4.78, 5) is 0. The number of aryl methyl sites for hydroxylation is 2. The van der Waals surface area contributed by atoms with Crippen molar-refractivity contribution in [3.8, 4) is 0 Å². The fraction of sp³-hybridized carbons (Fsp3) is 0.694. The summed E-state index contributed by atoms with van der Waals surface area (Å²) >= 11 is 0. The Morgan fingerprint density at radius 3 is 2.36 bits per heavy atom. The molecule has 2 heterocycles. The number of benzene rings is 1. The van der Waals surface area contributed by atoms with Gasteiger partial charge >= 0.3 is 5.92 Å². The quantitative estimate of drug-likeness (QED) is 0.136. The smallest absolute Gasteiger partial charge is 0.310 e. The molecular formula is C36H58F2N4O3Si2. The third kappa shape index (κ3) is 8.51. The van der Waals surface area contributed by atoms with E-state index in [4.69, 9.17) is 13.6 Å². The van der Waals surface area contributed by atoms with Crippen molar-refractivity contribution in [3.63, 3.8) is 0 Å². The zero-order valence-corrected chi connectivity index (χ0v) is 32.7. The number of ether oxygens (including phenoxy) is 1. The zero-order valence-electron chi connectivity index (χ0n) is 30.7. The molecule has 1 aliphatic carbocycles. The van der Waals surface area contributed by atoms with Gasteiger partial charge in [0.1, 0.15) is 11.9 Å². The van der Waals surface area contributed by atoms with Crippen LogP contribution < -0.4 is 0 Å². The molecule has 1 N–H and O–H groups in total. The number of fused-ring (bicyclic) bond motifs is 1. The van der Waals surface area contributed by atoms with Crippen molar-refractivity contribution < 1.29 is 22.4 Å². The monoisotopic (exact) mass is 688 g/mol. The third-order valence-electron chi connectivity index (χ3n) is 11.1. The van der Waals surface area contributed by atoms with E-state index in [-0.39, 0.29) is 34.0 Å². The second-order valence-corrected chi connectivity index (χ2v) is 26.3. The van der Waals surface area contributed by atoms with Gasteiger partial charge in [0.15, 0.2) is 22.4 Å². The third-order valence-corrected chi connectivity index (χ3v) is 20.1. The maximum absolute atomic E-state index is 16.4. The summed E-state index contributed by atoms with van der Waals surface area (Å²) in [6, 6.07) is 8.50. The van der Waals surface area contributed by atoms with E-state index in [2.05, 4.69) is 133 Å². The lowest BCUT2D eigenvalue weighted by molar-refractivity contribution is -0.0259. The minimum Gasteiger partial charge on any atom is -0.488 e. The Bertz CT molecular complexity index is 1400. The van der Waals surface area contributed by atoms with Crippen LogP contribution in [0.3, 0.4) is 0 Å². The van der Waals surface area contributed by atoms with Crippen LogP contribution in [0.25, 0.3) is 0 Å². The summed E-state index contributed by atoms with van der Waals surface area (Å²) in [5.41, 5.74) is 2.36. The first-order valence-corrected chi connectivity index (χ1v) is 23.0. The number of allylic oxidation sites excluding steroid dienone is 2. The van der Waals surface area contributed by atoms with Crippen molar-refractivity contribution in [3.05, 3.63) is 65.2 Å². The van der Waals surface area contributed by atoms with Crippen molar-refractivity contribution in [2.45, 2.75) is 147 Å². The Balaban J connectivity index is 1.67. The van der Waals surface area contributed by atoms with Crippen LogP contribution in [-0.4, -0.2) is 61.5 Å². The molecule has 1 aromatic heterocycles. The number of unbranched alkanes of at least 4 members (excludes halogenated alkanes) is 1. The van der Waals surface area contributed by atoms with Gasteiger partial charge in [-0.1, -0.05) is 90.4 Å². The molecule has 2 aliphatic rings. The molecule has 262 valence electrons. The van der Waals surface area contributed by atoms with Crippen LogP contribution in [0.1, 0.15) is 90.6 Å². The van der Waals surface area contributed by atoms with Crippen molar-refractivity contribution in [1.29, 1.82) is 0 Å². The molecule has 0 unspecified atom stereocenters. The number of halogens is 2. The first-order valence-electron chi connectivity index (χ1n) is 17.2. The van der Waals surface area contributed by atoms with E-state index in [1.807, 2.05) is 6.08 Å². The van der Waals surface area contributed by atoms with Crippen LogP contribution in [0.15, 0.2) is 48.3 Å². The maximum atomic E-state index is 16.4. The lowest BCUT2D eigenvalue weighted by Gasteiger charge is -2.41. The van der Waals surface area contributed by atoms with Gasteiger partial charge in [0.25, 0.3) is 0 Å². The second-order valence-electron chi connectivity index (χ2n) is 16.8. The minimum atomic E-state index is -3.11. The highest BCUT2D eigenvalue weighted by Gasteiger charge is 2.64. The zero-order chi connectivity index (χ0) is 35.0. The van der Waals surface area contributed by atoms with E-state index >= 15 is 8.78 Å². The van der Waals surface area contributed by atoms with Gasteiger partial charge in [-0.15, -0.1) is 5.10 Å². The normalized spacial score (nSPS) is 25.7. The fourth-order valence-electron chi connectivity index (χ4n) is 6.12. The summed E-state index contributed by atoms with van der Waals surface area (Å²) in [5.74, 6) is -4.19. The number of tetrazole rings is 1. The molecule has 1 saturated carbocycles. The Morgan fingerprint density at radius 2 is 1.77 bits per heavy atom. The van der Waals surface area contributed by atoms with E-state index in [0.717, 1.165) is 0 Å². The Morgan fingerprint density at radius 1 is 1.09 bits per heavy atom. The van der Waals surface area contributed by atoms with Crippen LogP contribution in [0.4, 0.5) is 8.78 Å². The van der Waals surface area contributed by atoms with Crippen LogP contribution in [0.2, 0.25) is 36.3 Å². The summed E-state index contributed by atoms with van der Waals surface area (Å²) in [5, 5.41) is 13.7. The van der Waals surface area contributed by atoms with Crippen molar-refractivity contribution >= 4 is 16.6 Å². The molecular weight excluding hydrogens is 631 g/mol. The first kappa shape index (κ1) is 37.6. The molecule has 0 bridgehead atoms. The molecule has 1 aliphatic heterocycles. The molecule has 47 heavy (non-hydrogen) atoms. The van der Waals surface area contributed by atoms with Gasteiger partial charge in [0.2, 0.25) is 0 Å². The maximum Gasteiger partial charge on any atom is 0.310 e. The van der Waals surface area contributed by atoms with E-state index in [9.17, 15) is 0 Å². The lowest BCUT2D eigenvalue weighted by atomic mass is 9.86. The summed E-state index contributed by atoms with van der Waals surface area (Å²) in [6.07, 6.45) is 6.49. The van der Waals surface area contributed by atoms with Gasteiger partial charge in [0.05, 0.1) is 18.1 Å². The van der Waals surface area contributed by atoms with Crippen LogP contribution in [0.5, 0.6) is 0 Å². The summed E-state index contributed by atoms with van der Waals surface area (Å²) in [7, 11) is -4.48. The lowest BCUT2D eigenvalue weighted by Crippen LogP contribution is -2.46. The number of aromatic nitrogens is 4.